The summed E-state index contributed by atoms with van der Waals surface area (Å²) in [5.74, 6) is 1.18. The third-order valence-corrected chi connectivity index (χ3v) is 6.46. The molecule has 0 spiro atoms. The quantitative estimate of drug-likeness (QED) is 0.349. The molecule has 4 heterocycles. The highest BCUT2D eigenvalue weighted by atomic mass is 16.5. The van der Waals surface area contributed by atoms with Gasteiger partial charge in [0.15, 0.2) is 0 Å². The summed E-state index contributed by atoms with van der Waals surface area (Å²) >= 11 is 0. The van der Waals surface area contributed by atoms with Gasteiger partial charge in [-0.2, -0.15) is 15.3 Å². The molecular formula is C27H24N8O. The molecule has 0 bridgehead atoms. The fourth-order valence-electron chi connectivity index (χ4n) is 4.51. The molecule has 0 radical (unpaired) electrons. The van der Waals surface area contributed by atoms with Gasteiger partial charge in [-0.1, -0.05) is 0 Å². The number of nitrogen functional groups attached to an aromatic ring is 1. The van der Waals surface area contributed by atoms with Gasteiger partial charge >= 0.3 is 0 Å². The second kappa shape index (κ2) is 9.17. The molecule has 9 heteroatoms. The highest BCUT2D eigenvalue weighted by Gasteiger charge is 2.19. The van der Waals surface area contributed by atoms with Crippen molar-refractivity contribution in [3.8, 4) is 23.1 Å². The van der Waals surface area contributed by atoms with Gasteiger partial charge in [0.1, 0.15) is 5.82 Å². The minimum absolute atomic E-state index is 0.325. The molecule has 0 amide bonds. The summed E-state index contributed by atoms with van der Waals surface area (Å²) in [6.45, 7) is 1.50. The number of nitrogens with zero attached hydrogens (tertiary/aromatic N) is 6. The number of anilines is 3. The average Bonchev–Trinajstić information content (AvgIpc) is 3.58. The zero-order valence-corrected chi connectivity index (χ0v) is 19.5. The number of benzene rings is 2. The summed E-state index contributed by atoms with van der Waals surface area (Å²) < 4.78 is 9.44. The van der Waals surface area contributed by atoms with Crippen LogP contribution in [0.15, 0.2) is 73.3 Å². The number of rotatable bonds is 5. The minimum Gasteiger partial charge on any atom is -0.399 e. The van der Waals surface area contributed by atoms with Crippen molar-refractivity contribution in [3.05, 3.63) is 78.9 Å². The molecule has 1 aliphatic rings. The molecule has 178 valence electrons. The van der Waals surface area contributed by atoms with Gasteiger partial charge in [0.25, 0.3) is 0 Å². The third kappa shape index (κ3) is 4.15. The molecule has 0 atom stereocenters. The Balaban J connectivity index is 1.41. The van der Waals surface area contributed by atoms with Crippen molar-refractivity contribution in [2.45, 2.75) is 18.9 Å². The zero-order valence-electron chi connectivity index (χ0n) is 19.5. The lowest BCUT2D eigenvalue weighted by Gasteiger charge is -2.22. The van der Waals surface area contributed by atoms with Crippen LogP contribution in [0.5, 0.6) is 0 Å². The average molecular weight is 477 g/mol. The summed E-state index contributed by atoms with van der Waals surface area (Å²) in [6, 6.07) is 17.6. The van der Waals surface area contributed by atoms with E-state index in [9.17, 15) is 5.26 Å². The number of ether oxygens (including phenoxy) is 1. The van der Waals surface area contributed by atoms with Gasteiger partial charge in [-0.25, -0.2) is 4.98 Å². The first-order valence-electron chi connectivity index (χ1n) is 11.8. The molecule has 1 saturated heterocycles. The van der Waals surface area contributed by atoms with E-state index in [0.29, 0.717) is 29.1 Å². The molecular weight excluding hydrogens is 452 g/mol. The van der Waals surface area contributed by atoms with E-state index in [1.807, 2.05) is 70.3 Å². The van der Waals surface area contributed by atoms with Gasteiger partial charge in [-0.3, -0.25) is 9.25 Å². The van der Waals surface area contributed by atoms with Crippen molar-refractivity contribution in [2.24, 2.45) is 0 Å². The molecule has 36 heavy (non-hydrogen) atoms. The first-order valence-corrected chi connectivity index (χ1v) is 11.8. The normalized spacial score (nSPS) is 14.1. The molecule has 1 aliphatic heterocycles. The Kier molecular flexibility index (Phi) is 5.56. The maximum atomic E-state index is 9.23. The molecule has 0 aliphatic carbocycles. The lowest BCUT2D eigenvalue weighted by Crippen LogP contribution is -2.19. The maximum Gasteiger partial charge on any atom is 0.236 e. The Labute approximate surface area is 207 Å². The van der Waals surface area contributed by atoms with Crippen molar-refractivity contribution in [1.82, 2.24) is 24.3 Å². The van der Waals surface area contributed by atoms with Crippen molar-refractivity contribution in [1.29, 1.82) is 5.26 Å². The Morgan fingerprint density at radius 1 is 1.06 bits per heavy atom. The van der Waals surface area contributed by atoms with E-state index in [1.54, 1.807) is 6.07 Å². The van der Waals surface area contributed by atoms with Crippen LogP contribution < -0.4 is 11.1 Å². The molecule has 2 aromatic carbocycles. The molecule has 3 aromatic heterocycles. The Morgan fingerprint density at radius 2 is 1.89 bits per heavy atom. The van der Waals surface area contributed by atoms with E-state index in [4.69, 9.17) is 20.4 Å². The Bertz CT molecular complexity index is 1570. The highest BCUT2D eigenvalue weighted by Crippen LogP contribution is 2.31. The molecule has 5 aromatic rings. The first-order chi connectivity index (χ1) is 17.7. The lowest BCUT2D eigenvalue weighted by molar-refractivity contribution is 0.0662. The molecule has 0 saturated carbocycles. The summed E-state index contributed by atoms with van der Waals surface area (Å²) in [5, 5.41) is 18.2. The van der Waals surface area contributed by atoms with Crippen molar-refractivity contribution < 1.29 is 4.74 Å². The van der Waals surface area contributed by atoms with Gasteiger partial charge in [0.05, 0.1) is 29.4 Å². The number of hydrogen-bond donors (Lipinski definition) is 2. The van der Waals surface area contributed by atoms with Crippen molar-refractivity contribution in [3.63, 3.8) is 0 Å². The van der Waals surface area contributed by atoms with Gasteiger partial charge < -0.3 is 15.8 Å². The molecule has 6 rings (SSSR count). The number of nitriles is 1. The fraction of sp³-hybridized carbons (Fsp3) is 0.185. The number of nitrogens with one attached hydrogen (secondary N) is 1. The van der Waals surface area contributed by atoms with Crippen molar-refractivity contribution >= 4 is 28.1 Å². The number of hydrogen-bond acceptors (Lipinski definition) is 7. The molecule has 3 N–H and O–H groups in total. The number of nitrogens with two attached hydrogens (primary N) is 1. The molecule has 9 nitrogen and oxygen atoms in total. The molecule has 0 unspecified atom stereocenters. The van der Waals surface area contributed by atoms with E-state index in [-0.39, 0.29) is 0 Å². The van der Waals surface area contributed by atoms with Crippen molar-refractivity contribution in [2.75, 3.05) is 24.3 Å². The molecule has 1 fully saturated rings. The van der Waals surface area contributed by atoms with E-state index < -0.39 is 0 Å². The van der Waals surface area contributed by atoms with Crippen LogP contribution in [0.1, 0.15) is 24.4 Å². The van der Waals surface area contributed by atoms with E-state index in [1.165, 1.54) is 0 Å². The minimum atomic E-state index is 0.325. The highest BCUT2D eigenvalue weighted by molar-refractivity contribution is 5.83. The van der Waals surface area contributed by atoms with Crippen LogP contribution in [0.2, 0.25) is 0 Å². The number of aromatic nitrogens is 5. The van der Waals surface area contributed by atoms with E-state index >= 15 is 0 Å². The zero-order chi connectivity index (χ0) is 24.5. The largest absolute Gasteiger partial charge is 0.399 e. The van der Waals surface area contributed by atoms with Crippen LogP contribution in [0, 0.1) is 11.3 Å². The van der Waals surface area contributed by atoms with Gasteiger partial charge in [0.2, 0.25) is 5.95 Å². The van der Waals surface area contributed by atoms with Crippen LogP contribution in [-0.4, -0.2) is 37.5 Å². The summed E-state index contributed by atoms with van der Waals surface area (Å²) in [6.07, 6.45) is 9.54. The predicted octanol–water partition coefficient (Wildman–Crippen LogP) is 4.83. The topological polar surface area (TPSA) is 120 Å². The van der Waals surface area contributed by atoms with Crippen LogP contribution >= 0.6 is 0 Å². The van der Waals surface area contributed by atoms with Gasteiger partial charge in [-0.15, -0.1) is 0 Å². The van der Waals surface area contributed by atoms with E-state index in [2.05, 4.69) is 22.7 Å². The second-order valence-electron chi connectivity index (χ2n) is 8.80. The SMILES string of the molecule is N#Cc1ccc2c(ccn2-c2ncc(-c3cnn(C4CCOCC4)c3)c(Nc3ccc(N)cc3)n2)c1. The Morgan fingerprint density at radius 3 is 2.69 bits per heavy atom. The smallest absolute Gasteiger partial charge is 0.236 e. The van der Waals surface area contributed by atoms with Crippen LogP contribution in [0.25, 0.3) is 28.0 Å². The van der Waals surface area contributed by atoms with Gasteiger partial charge in [-0.05, 0) is 61.4 Å². The third-order valence-electron chi connectivity index (χ3n) is 6.46. The second-order valence-corrected chi connectivity index (χ2v) is 8.80. The van der Waals surface area contributed by atoms with E-state index in [0.717, 1.165) is 53.8 Å². The standard InChI is InChI=1S/C27H24N8O/c28-14-18-1-6-25-19(13-18)7-10-34(25)27-30-16-24(26(33-27)32-22-4-2-21(29)3-5-22)20-15-31-35(17-20)23-8-11-36-12-9-23/h1-7,10,13,15-17,23H,8-9,11-12,29H2,(H,30,32,33). The maximum absolute atomic E-state index is 9.23. The monoisotopic (exact) mass is 476 g/mol. The summed E-state index contributed by atoms with van der Waals surface area (Å²) in [4.78, 5) is 9.61. The van der Waals surface area contributed by atoms with Crippen LogP contribution in [0.4, 0.5) is 17.2 Å². The first kappa shape index (κ1) is 21.8. The fourth-order valence-corrected chi connectivity index (χ4v) is 4.51. The van der Waals surface area contributed by atoms with Crippen LogP contribution in [0.3, 0.4) is 0 Å². The predicted molar refractivity (Wildman–Crippen MR) is 138 cm³/mol. The number of fused-ring (bicyclic) bond motifs is 1. The summed E-state index contributed by atoms with van der Waals surface area (Å²) in [7, 11) is 0. The van der Waals surface area contributed by atoms with Gasteiger partial charge in [0, 0.05) is 59.7 Å². The Hall–Kier alpha value is -4.68. The van der Waals surface area contributed by atoms with Crippen LogP contribution in [-0.2, 0) is 4.74 Å². The lowest BCUT2D eigenvalue weighted by atomic mass is 10.1. The summed E-state index contributed by atoms with van der Waals surface area (Å²) in [5.41, 5.74) is 10.8.